The summed E-state index contributed by atoms with van der Waals surface area (Å²) in [5, 5.41) is 11.0. The van der Waals surface area contributed by atoms with Gasteiger partial charge in [0.15, 0.2) is 4.77 Å². The number of halogens is 1. The second-order valence-corrected chi connectivity index (χ2v) is 5.97. The third-order valence-electron chi connectivity index (χ3n) is 3.10. The highest BCUT2D eigenvalue weighted by molar-refractivity contribution is 7.71. The lowest BCUT2D eigenvalue weighted by Crippen LogP contribution is -2.19. The topological polar surface area (TPSA) is 73.6 Å². The number of aliphatic imine (C=N–C) groups is 1. The van der Waals surface area contributed by atoms with E-state index in [1.807, 2.05) is 19.0 Å². The van der Waals surface area contributed by atoms with Crippen molar-refractivity contribution in [2.24, 2.45) is 4.99 Å². The lowest BCUT2D eigenvalue weighted by Gasteiger charge is -2.11. The summed E-state index contributed by atoms with van der Waals surface area (Å²) in [6.45, 7) is 1.26. The summed E-state index contributed by atoms with van der Waals surface area (Å²) in [4.78, 5) is 20.7. The molecule has 0 bridgehead atoms. The van der Waals surface area contributed by atoms with Gasteiger partial charge in [0, 0.05) is 17.8 Å². The Hall–Kier alpha value is -1.96. The summed E-state index contributed by atoms with van der Waals surface area (Å²) < 4.78 is 1.46. The molecule has 2 rings (SSSR count). The van der Waals surface area contributed by atoms with Gasteiger partial charge in [-0.15, -0.1) is 0 Å². The monoisotopic (exact) mass is 352 g/mol. The van der Waals surface area contributed by atoms with Crippen molar-refractivity contribution in [3.8, 4) is 11.6 Å². The van der Waals surface area contributed by atoms with Gasteiger partial charge in [0.05, 0.1) is 12.2 Å². The molecule has 23 heavy (non-hydrogen) atoms. The number of aromatic nitrogens is 2. The van der Waals surface area contributed by atoms with Gasteiger partial charge in [0.1, 0.15) is 5.56 Å². The fourth-order valence-electron chi connectivity index (χ4n) is 1.90. The molecular formula is C15H17ClN4O2S. The van der Waals surface area contributed by atoms with Gasteiger partial charge in [-0.2, -0.15) is 0 Å². The second kappa shape index (κ2) is 7.54. The first kappa shape index (κ1) is 17.4. The number of aromatic hydroxyl groups is 1. The molecule has 2 N–H and O–H groups in total. The van der Waals surface area contributed by atoms with E-state index in [9.17, 15) is 9.90 Å². The van der Waals surface area contributed by atoms with Gasteiger partial charge in [-0.25, -0.2) is 0 Å². The summed E-state index contributed by atoms with van der Waals surface area (Å²) in [6.07, 6.45) is 1.36. The maximum atomic E-state index is 12.0. The van der Waals surface area contributed by atoms with Crippen LogP contribution in [0.5, 0.6) is 5.88 Å². The summed E-state index contributed by atoms with van der Waals surface area (Å²) >= 11 is 11.0. The van der Waals surface area contributed by atoms with Crippen molar-refractivity contribution >= 4 is 30.0 Å². The van der Waals surface area contributed by atoms with Crippen LogP contribution >= 0.6 is 23.8 Å². The van der Waals surface area contributed by atoms with Crippen molar-refractivity contribution in [2.75, 3.05) is 27.2 Å². The highest BCUT2D eigenvalue weighted by Gasteiger charge is 2.12. The predicted molar refractivity (Wildman–Crippen MR) is 94.9 cm³/mol. The van der Waals surface area contributed by atoms with Crippen LogP contribution in [-0.2, 0) is 0 Å². The van der Waals surface area contributed by atoms with E-state index >= 15 is 0 Å². The average Bonchev–Trinajstić information content (AvgIpc) is 2.47. The van der Waals surface area contributed by atoms with Crippen molar-refractivity contribution in [3.05, 3.63) is 50.0 Å². The van der Waals surface area contributed by atoms with Crippen LogP contribution in [-0.4, -0.2) is 53.0 Å². The van der Waals surface area contributed by atoms with Gasteiger partial charge in [0.2, 0.25) is 5.88 Å². The lowest BCUT2D eigenvalue weighted by molar-refractivity contribution is 0.420. The Morgan fingerprint density at radius 3 is 2.65 bits per heavy atom. The molecule has 1 aromatic heterocycles. The molecule has 0 aliphatic rings. The Kier molecular flexibility index (Phi) is 5.70. The first-order valence-corrected chi connectivity index (χ1v) is 7.67. The second-order valence-electron chi connectivity index (χ2n) is 5.15. The molecule has 0 aliphatic heterocycles. The average molecular weight is 353 g/mol. The number of rotatable bonds is 5. The largest absolute Gasteiger partial charge is 0.494 e. The zero-order chi connectivity index (χ0) is 17.0. The molecule has 1 aromatic carbocycles. The van der Waals surface area contributed by atoms with Crippen molar-refractivity contribution in [2.45, 2.75) is 0 Å². The minimum absolute atomic E-state index is 0.0623. The molecule has 0 unspecified atom stereocenters. The molecule has 2 aromatic rings. The molecule has 0 radical (unpaired) electrons. The third kappa shape index (κ3) is 4.28. The van der Waals surface area contributed by atoms with E-state index in [1.54, 1.807) is 24.3 Å². The van der Waals surface area contributed by atoms with Gasteiger partial charge in [-0.1, -0.05) is 11.6 Å². The van der Waals surface area contributed by atoms with Crippen LogP contribution in [0.4, 0.5) is 0 Å². The zero-order valence-corrected chi connectivity index (χ0v) is 14.4. The Morgan fingerprint density at radius 1 is 1.39 bits per heavy atom. The zero-order valence-electron chi connectivity index (χ0n) is 12.8. The first-order chi connectivity index (χ1) is 10.9. The summed E-state index contributed by atoms with van der Waals surface area (Å²) in [5.74, 6) is -0.255. The number of hydrogen-bond acceptors (Lipinski definition) is 5. The summed E-state index contributed by atoms with van der Waals surface area (Å²) in [5.41, 5.74) is 0.176. The maximum Gasteiger partial charge on any atom is 0.264 e. The molecule has 8 heteroatoms. The molecule has 0 amide bonds. The highest BCUT2D eigenvalue weighted by atomic mass is 35.5. The molecule has 6 nitrogen and oxygen atoms in total. The molecule has 0 saturated heterocycles. The SMILES string of the molecule is CN(C)CCN=Cc1c(O)n(-c2ccc(Cl)cc2)c(=S)[nH]c1=O. The molecule has 1 heterocycles. The number of nitrogens with one attached hydrogen (secondary N) is 1. The maximum absolute atomic E-state index is 12.0. The van der Waals surface area contributed by atoms with Crippen LogP contribution in [0.25, 0.3) is 5.69 Å². The standard InChI is InChI=1S/C15H17ClN4O2S/c1-19(2)8-7-17-9-12-13(21)18-15(23)20(14(12)22)11-5-3-10(16)4-6-11/h3-6,9,22H,7-8H2,1-2H3,(H,18,21,23). The smallest absolute Gasteiger partial charge is 0.264 e. The van der Waals surface area contributed by atoms with Crippen LogP contribution < -0.4 is 5.56 Å². The van der Waals surface area contributed by atoms with E-state index in [0.29, 0.717) is 17.3 Å². The third-order valence-corrected chi connectivity index (χ3v) is 3.64. The summed E-state index contributed by atoms with van der Waals surface area (Å²) in [7, 11) is 3.86. The summed E-state index contributed by atoms with van der Waals surface area (Å²) in [6, 6.07) is 6.74. The molecule has 122 valence electrons. The van der Waals surface area contributed by atoms with Gasteiger partial charge < -0.3 is 10.0 Å². The molecular weight excluding hydrogens is 336 g/mol. The van der Waals surface area contributed by atoms with Gasteiger partial charge in [-0.3, -0.25) is 19.3 Å². The number of aromatic amines is 1. The molecule has 0 spiro atoms. The van der Waals surface area contributed by atoms with Crippen LogP contribution in [0.1, 0.15) is 5.56 Å². The Bertz CT molecular complexity index is 825. The Labute approximate surface area is 143 Å². The fraction of sp³-hybridized carbons (Fsp3) is 0.267. The van der Waals surface area contributed by atoms with E-state index in [4.69, 9.17) is 23.8 Å². The van der Waals surface area contributed by atoms with Crippen LogP contribution in [0.2, 0.25) is 5.02 Å². The van der Waals surface area contributed by atoms with E-state index in [0.717, 1.165) is 6.54 Å². The van der Waals surface area contributed by atoms with Crippen LogP contribution in [0.15, 0.2) is 34.1 Å². The van der Waals surface area contributed by atoms with Gasteiger partial charge in [0.25, 0.3) is 5.56 Å². The van der Waals surface area contributed by atoms with Crippen LogP contribution in [0, 0.1) is 4.77 Å². The lowest BCUT2D eigenvalue weighted by atomic mass is 10.3. The number of hydrogen-bond donors (Lipinski definition) is 2. The van der Waals surface area contributed by atoms with Crippen molar-refractivity contribution < 1.29 is 5.11 Å². The number of likely N-dealkylation sites (N-methyl/N-ethyl adjacent to an activating group) is 1. The fourth-order valence-corrected chi connectivity index (χ4v) is 2.31. The number of nitrogens with zero attached hydrogens (tertiary/aromatic N) is 3. The minimum atomic E-state index is -0.480. The highest BCUT2D eigenvalue weighted by Crippen LogP contribution is 2.20. The van der Waals surface area contributed by atoms with Gasteiger partial charge >= 0.3 is 0 Å². The molecule has 0 saturated carbocycles. The van der Waals surface area contributed by atoms with Crippen molar-refractivity contribution in [1.29, 1.82) is 0 Å². The number of H-pyrrole nitrogens is 1. The van der Waals surface area contributed by atoms with E-state index in [-0.39, 0.29) is 16.2 Å². The first-order valence-electron chi connectivity index (χ1n) is 6.89. The molecule has 0 fully saturated rings. The van der Waals surface area contributed by atoms with E-state index in [2.05, 4.69) is 9.98 Å². The Morgan fingerprint density at radius 2 is 2.04 bits per heavy atom. The predicted octanol–water partition coefficient (Wildman–Crippen LogP) is 2.23. The van der Waals surface area contributed by atoms with Crippen molar-refractivity contribution in [3.63, 3.8) is 0 Å². The number of benzene rings is 1. The van der Waals surface area contributed by atoms with Gasteiger partial charge in [-0.05, 0) is 50.6 Å². The minimum Gasteiger partial charge on any atom is -0.494 e. The quantitative estimate of drug-likeness (QED) is 0.639. The molecule has 0 aliphatic carbocycles. The Balaban J connectivity index is 2.45. The van der Waals surface area contributed by atoms with Crippen molar-refractivity contribution in [1.82, 2.24) is 14.5 Å². The van der Waals surface area contributed by atoms with Crippen LogP contribution in [0.3, 0.4) is 0 Å². The molecule has 0 atom stereocenters. The normalized spacial score (nSPS) is 11.5. The van der Waals surface area contributed by atoms with E-state index in [1.165, 1.54) is 10.8 Å². The van der Waals surface area contributed by atoms with E-state index < -0.39 is 5.56 Å².